The molecule has 94 valence electrons. The molecule has 2 aromatic rings. The topological polar surface area (TPSA) is 49.8 Å². The molecule has 2 aromatic heterocycles. The molecule has 2 heterocycles. The van der Waals surface area contributed by atoms with E-state index >= 15 is 0 Å². The summed E-state index contributed by atoms with van der Waals surface area (Å²) in [5, 5.41) is 2.95. The van der Waals surface area contributed by atoms with E-state index in [1.165, 1.54) is 19.3 Å². The molecule has 2 N–H and O–H groups in total. The Bertz CT molecular complexity index is 523. The van der Waals surface area contributed by atoms with Crippen LogP contribution in [0.5, 0.6) is 0 Å². The highest BCUT2D eigenvalue weighted by Gasteiger charge is 2.22. The van der Waals surface area contributed by atoms with Gasteiger partial charge in [0.05, 0.1) is 0 Å². The zero-order chi connectivity index (χ0) is 12.4. The predicted molar refractivity (Wildman–Crippen MR) is 69.3 cm³/mol. The maximum atomic E-state index is 12.1. The Morgan fingerprint density at radius 1 is 1.44 bits per heavy atom. The van der Waals surface area contributed by atoms with Gasteiger partial charge in [-0.1, -0.05) is 0 Å². The van der Waals surface area contributed by atoms with Crippen LogP contribution in [0.25, 0.3) is 0 Å². The fourth-order valence-electron chi connectivity index (χ4n) is 2.31. The maximum Gasteiger partial charge on any atom is 0.268 e. The van der Waals surface area contributed by atoms with Crippen molar-refractivity contribution in [2.75, 3.05) is 0 Å². The van der Waals surface area contributed by atoms with Gasteiger partial charge in [-0.3, -0.25) is 4.79 Å². The highest BCUT2D eigenvalue weighted by atomic mass is 16.1. The summed E-state index contributed by atoms with van der Waals surface area (Å²) in [4.78, 5) is 15.1. The first kappa shape index (κ1) is 11.1. The molecule has 0 spiro atoms. The third-order valence-corrected chi connectivity index (χ3v) is 3.60. The van der Waals surface area contributed by atoms with Gasteiger partial charge in [-0.05, 0) is 43.0 Å². The van der Waals surface area contributed by atoms with E-state index in [2.05, 4.69) is 14.9 Å². The van der Waals surface area contributed by atoms with E-state index in [0.29, 0.717) is 12.6 Å². The molecule has 1 saturated carbocycles. The molecule has 1 fully saturated rings. The van der Waals surface area contributed by atoms with Crippen molar-refractivity contribution in [3.8, 4) is 0 Å². The summed E-state index contributed by atoms with van der Waals surface area (Å²) >= 11 is 0. The van der Waals surface area contributed by atoms with Crippen LogP contribution in [0.1, 0.15) is 41.4 Å². The molecule has 18 heavy (non-hydrogen) atoms. The number of nitrogens with zero attached hydrogens (tertiary/aromatic N) is 1. The Morgan fingerprint density at radius 2 is 2.33 bits per heavy atom. The van der Waals surface area contributed by atoms with Crippen LogP contribution in [0.2, 0.25) is 0 Å². The lowest BCUT2D eigenvalue weighted by atomic mass is 9.93. The van der Waals surface area contributed by atoms with E-state index in [4.69, 9.17) is 0 Å². The van der Waals surface area contributed by atoms with Gasteiger partial charge in [0.1, 0.15) is 5.69 Å². The standard InChI is InChI=1S/C14H17N3O/c18-14(16-10-11-6-7-15-9-11)13-5-2-8-17(13)12-3-1-4-12/h2,5-9,12,15H,1,3-4,10H2,(H,16,18). The van der Waals surface area contributed by atoms with E-state index in [-0.39, 0.29) is 5.91 Å². The summed E-state index contributed by atoms with van der Waals surface area (Å²) in [6.45, 7) is 0.568. The van der Waals surface area contributed by atoms with Crippen molar-refractivity contribution in [3.05, 3.63) is 48.0 Å². The number of nitrogens with one attached hydrogen (secondary N) is 2. The number of hydrogen-bond donors (Lipinski definition) is 2. The Labute approximate surface area is 106 Å². The molecule has 0 atom stereocenters. The summed E-state index contributed by atoms with van der Waals surface area (Å²) in [6, 6.07) is 6.33. The average Bonchev–Trinajstić information content (AvgIpc) is 2.94. The zero-order valence-corrected chi connectivity index (χ0v) is 10.2. The van der Waals surface area contributed by atoms with Gasteiger partial charge in [-0.2, -0.15) is 0 Å². The van der Waals surface area contributed by atoms with Gasteiger partial charge in [-0.15, -0.1) is 0 Å². The predicted octanol–water partition coefficient (Wildman–Crippen LogP) is 2.47. The molecule has 0 bridgehead atoms. The van der Waals surface area contributed by atoms with E-state index in [9.17, 15) is 4.79 Å². The minimum absolute atomic E-state index is 0.00750. The molecular weight excluding hydrogens is 226 g/mol. The van der Waals surface area contributed by atoms with Gasteiger partial charge in [0.15, 0.2) is 0 Å². The third kappa shape index (κ3) is 2.06. The third-order valence-electron chi connectivity index (χ3n) is 3.60. The number of rotatable bonds is 4. The molecule has 1 aliphatic carbocycles. The van der Waals surface area contributed by atoms with Crippen molar-refractivity contribution < 1.29 is 4.79 Å². The summed E-state index contributed by atoms with van der Waals surface area (Å²) < 4.78 is 2.11. The second-order valence-electron chi connectivity index (χ2n) is 4.79. The fourth-order valence-corrected chi connectivity index (χ4v) is 2.31. The number of H-pyrrole nitrogens is 1. The highest BCUT2D eigenvalue weighted by Crippen LogP contribution is 2.32. The second kappa shape index (κ2) is 4.72. The number of carbonyl (C=O) groups is 1. The summed E-state index contributed by atoms with van der Waals surface area (Å²) in [7, 11) is 0. The van der Waals surface area contributed by atoms with Crippen LogP contribution in [-0.4, -0.2) is 15.5 Å². The number of amides is 1. The molecule has 3 rings (SSSR count). The minimum atomic E-state index is 0.00750. The molecule has 0 aromatic carbocycles. The van der Waals surface area contributed by atoms with Crippen molar-refractivity contribution in [2.24, 2.45) is 0 Å². The van der Waals surface area contributed by atoms with Gasteiger partial charge in [-0.25, -0.2) is 0 Å². The number of hydrogen-bond acceptors (Lipinski definition) is 1. The Kier molecular flexibility index (Phi) is 2.92. The van der Waals surface area contributed by atoms with Gasteiger partial charge < -0.3 is 14.9 Å². The molecular formula is C14H17N3O. The fraction of sp³-hybridized carbons (Fsp3) is 0.357. The average molecular weight is 243 g/mol. The van der Waals surface area contributed by atoms with Crippen molar-refractivity contribution in [3.63, 3.8) is 0 Å². The summed E-state index contributed by atoms with van der Waals surface area (Å²) in [5.41, 5.74) is 1.86. The van der Waals surface area contributed by atoms with Gasteiger partial charge in [0, 0.05) is 31.2 Å². The normalized spacial score (nSPS) is 15.3. The first-order valence-electron chi connectivity index (χ1n) is 6.41. The Balaban J connectivity index is 1.66. The van der Waals surface area contributed by atoms with E-state index < -0.39 is 0 Å². The Hall–Kier alpha value is -1.97. The second-order valence-corrected chi connectivity index (χ2v) is 4.79. The van der Waals surface area contributed by atoms with E-state index in [1.807, 2.05) is 36.8 Å². The molecule has 0 radical (unpaired) electrons. The quantitative estimate of drug-likeness (QED) is 0.851. The highest BCUT2D eigenvalue weighted by molar-refractivity contribution is 5.92. The van der Waals surface area contributed by atoms with Crippen LogP contribution in [-0.2, 0) is 6.54 Å². The molecule has 0 saturated heterocycles. The Morgan fingerprint density at radius 3 is 3.00 bits per heavy atom. The van der Waals surface area contributed by atoms with E-state index in [0.717, 1.165) is 11.3 Å². The van der Waals surface area contributed by atoms with Crippen LogP contribution < -0.4 is 5.32 Å². The van der Waals surface area contributed by atoms with Crippen molar-refractivity contribution in [1.29, 1.82) is 0 Å². The first-order chi connectivity index (χ1) is 8.84. The van der Waals surface area contributed by atoms with Gasteiger partial charge >= 0.3 is 0 Å². The van der Waals surface area contributed by atoms with Crippen LogP contribution >= 0.6 is 0 Å². The summed E-state index contributed by atoms with van der Waals surface area (Å²) in [6.07, 6.45) is 9.41. The monoisotopic (exact) mass is 243 g/mol. The molecule has 0 unspecified atom stereocenters. The summed E-state index contributed by atoms with van der Waals surface area (Å²) in [5.74, 6) is 0.00750. The molecule has 1 aliphatic rings. The lowest BCUT2D eigenvalue weighted by Crippen LogP contribution is -2.28. The SMILES string of the molecule is O=C(NCc1cc[nH]c1)c1cccn1C1CCC1. The van der Waals surface area contributed by atoms with Crippen molar-refractivity contribution in [2.45, 2.75) is 31.8 Å². The lowest BCUT2D eigenvalue weighted by molar-refractivity contribution is 0.0936. The maximum absolute atomic E-state index is 12.1. The van der Waals surface area contributed by atoms with Crippen LogP contribution in [0.15, 0.2) is 36.8 Å². The van der Waals surface area contributed by atoms with Crippen LogP contribution in [0.3, 0.4) is 0 Å². The van der Waals surface area contributed by atoms with Gasteiger partial charge in [0.2, 0.25) is 0 Å². The first-order valence-corrected chi connectivity index (χ1v) is 6.41. The molecule has 0 aliphatic heterocycles. The zero-order valence-electron chi connectivity index (χ0n) is 10.2. The smallest absolute Gasteiger partial charge is 0.268 e. The minimum Gasteiger partial charge on any atom is -0.367 e. The van der Waals surface area contributed by atoms with Crippen LogP contribution in [0, 0.1) is 0 Å². The number of aromatic nitrogens is 2. The van der Waals surface area contributed by atoms with Crippen molar-refractivity contribution >= 4 is 5.91 Å². The molecule has 4 nitrogen and oxygen atoms in total. The largest absolute Gasteiger partial charge is 0.367 e. The number of aromatic amines is 1. The van der Waals surface area contributed by atoms with Crippen LogP contribution in [0.4, 0.5) is 0 Å². The molecule has 4 heteroatoms. The molecule has 1 amide bonds. The number of carbonyl (C=O) groups excluding carboxylic acids is 1. The lowest BCUT2D eigenvalue weighted by Gasteiger charge is -2.28. The van der Waals surface area contributed by atoms with E-state index in [1.54, 1.807) is 0 Å². The van der Waals surface area contributed by atoms with Crippen molar-refractivity contribution in [1.82, 2.24) is 14.9 Å². The van der Waals surface area contributed by atoms with Gasteiger partial charge in [0.25, 0.3) is 5.91 Å².